The zero-order valence-electron chi connectivity index (χ0n) is 16.5. The molecule has 2 aliphatic heterocycles. The van der Waals surface area contributed by atoms with Crippen LogP contribution in [0, 0.1) is 0 Å². The Bertz CT molecular complexity index is 1070. The van der Waals surface area contributed by atoms with Crippen LogP contribution in [-0.4, -0.2) is 51.3 Å². The molecule has 158 valence electrons. The lowest BCUT2D eigenvalue weighted by atomic mass is 10.2. The number of aliphatic imine (C=N–C) groups is 1. The van der Waals surface area contributed by atoms with Crippen LogP contribution in [0.25, 0.3) is 0 Å². The van der Waals surface area contributed by atoms with Crippen molar-refractivity contribution < 1.29 is 17.9 Å². The minimum Gasteiger partial charge on any atom is -0.492 e. The summed E-state index contributed by atoms with van der Waals surface area (Å²) in [5, 5.41) is 2.80. The van der Waals surface area contributed by atoms with E-state index >= 15 is 0 Å². The summed E-state index contributed by atoms with van der Waals surface area (Å²) in [6.07, 6.45) is 1.47. The van der Waals surface area contributed by atoms with Crippen LogP contribution in [0.2, 0.25) is 0 Å². The number of hydrogen-bond acceptors (Lipinski definition) is 6. The van der Waals surface area contributed by atoms with Gasteiger partial charge in [0.2, 0.25) is 5.91 Å². The van der Waals surface area contributed by atoms with Crippen LogP contribution in [0.15, 0.2) is 58.4 Å². The zero-order chi connectivity index (χ0) is 21.0. The molecule has 0 spiro atoms. The van der Waals surface area contributed by atoms with Gasteiger partial charge in [-0.15, -0.1) is 0 Å². The van der Waals surface area contributed by atoms with Crippen LogP contribution in [0.5, 0.6) is 5.75 Å². The maximum Gasteiger partial charge on any atom is 0.262 e. The molecule has 0 atom stereocenters. The van der Waals surface area contributed by atoms with Crippen LogP contribution >= 0.6 is 0 Å². The van der Waals surface area contributed by atoms with Gasteiger partial charge in [0.25, 0.3) is 10.0 Å². The number of benzene rings is 2. The van der Waals surface area contributed by atoms with Gasteiger partial charge in [-0.25, -0.2) is 8.42 Å². The first kappa shape index (κ1) is 20.4. The van der Waals surface area contributed by atoms with Crippen molar-refractivity contribution in [2.75, 3.05) is 31.6 Å². The molecule has 4 rings (SSSR count). The number of fused-ring (bicyclic) bond motifs is 1. The fourth-order valence-electron chi connectivity index (χ4n) is 3.50. The molecule has 0 bridgehead atoms. The molecule has 0 saturated carbocycles. The highest BCUT2D eigenvalue weighted by molar-refractivity contribution is 7.90. The standard InChI is InChI=1S/C21H24N4O4S/c26-21(15-25-11-12-29-19-8-2-1-5-16(19)14-25)23-17-6-3-7-18(13-17)30(27,28)24-20-9-4-10-22-20/h1-3,5-8,13H,4,9-12,14-15H2,(H,22,24)(H,23,26). The first-order valence-corrected chi connectivity index (χ1v) is 11.4. The minimum absolute atomic E-state index is 0.0898. The third kappa shape index (κ3) is 4.98. The number of para-hydroxylation sites is 1. The summed E-state index contributed by atoms with van der Waals surface area (Å²) in [6.45, 7) is 2.57. The number of carbonyl (C=O) groups excluding carboxylic acids is 1. The first-order chi connectivity index (χ1) is 14.5. The first-order valence-electron chi connectivity index (χ1n) is 9.89. The van der Waals surface area contributed by atoms with E-state index in [1.165, 1.54) is 12.1 Å². The molecular formula is C21H24N4O4S. The monoisotopic (exact) mass is 428 g/mol. The van der Waals surface area contributed by atoms with E-state index in [2.05, 4.69) is 15.0 Å². The Hall–Kier alpha value is -2.91. The van der Waals surface area contributed by atoms with Gasteiger partial charge in [0.1, 0.15) is 18.2 Å². The van der Waals surface area contributed by atoms with Crippen LogP contribution in [0.4, 0.5) is 5.69 Å². The molecule has 2 aromatic rings. The number of carbonyl (C=O) groups is 1. The Balaban J connectivity index is 1.39. The van der Waals surface area contributed by atoms with E-state index in [0.717, 1.165) is 17.7 Å². The molecule has 0 saturated heterocycles. The molecule has 30 heavy (non-hydrogen) atoms. The molecule has 9 heteroatoms. The molecule has 8 nitrogen and oxygen atoms in total. The van der Waals surface area contributed by atoms with E-state index in [1.54, 1.807) is 12.1 Å². The van der Waals surface area contributed by atoms with E-state index in [1.807, 2.05) is 29.2 Å². The molecule has 2 aliphatic rings. The molecule has 0 aromatic heterocycles. The highest BCUT2D eigenvalue weighted by atomic mass is 32.2. The van der Waals surface area contributed by atoms with Crippen LogP contribution in [0.3, 0.4) is 0 Å². The predicted octanol–water partition coefficient (Wildman–Crippen LogP) is 1.99. The second-order valence-electron chi connectivity index (χ2n) is 7.28. The Kier molecular flexibility index (Phi) is 6.01. The molecule has 2 heterocycles. The Morgan fingerprint density at radius 1 is 1.17 bits per heavy atom. The summed E-state index contributed by atoms with van der Waals surface area (Å²) in [6, 6.07) is 14.0. The van der Waals surface area contributed by atoms with Crippen molar-refractivity contribution in [3.63, 3.8) is 0 Å². The van der Waals surface area contributed by atoms with Crippen molar-refractivity contribution in [2.45, 2.75) is 24.3 Å². The fourth-order valence-corrected chi connectivity index (χ4v) is 4.63. The lowest BCUT2D eigenvalue weighted by Gasteiger charge is -2.19. The van der Waals surface area contributed by atoms with E-state index in [4.69, 9.17) is 4.74 Å². The smallest absolute Gasteiger partial charge is 0.262 e. The number of amides is 1. The lowest BCUT2D eigenvalue weighted by molar-refractivity contribution is -0.117. The van der Waals surface area contributed by atoms with Crippen LogP contribution in [-0.2, 0) is 21.4 Å². The van der Waals surface area contributed by atoms with Crippen LogP contribution < -0.4 is 14.8 Å². The van der Waals surface area contributed by atoms with Crippen molar-refractivity contribution in [2.24, 2.45) is 4.99 Å². The summed E-state index contributed by atoms with van der Waals surface area (Å²) >= 11 is 0. The van der Waals surface area contributed by atoms with Gasteiger partial charge in [-0.1, -0.05) is 24.3 Å². The van der Waals surface area contributed by atoms with Gasteiger partial charge in [0, 0.05) is 37.3 Å². The number of hydrogen-bond donors (Lipinski definition) is 2. The number of amidine groups is 1. The van der Waals surface area contributed by atoms with Gasteiger partial charge >= 0.3 is 0 Å². The molecule has 2 aromatic carbocycles. The van der Waals surface area contributed by atoms with Crippen molar-refractivity contribution >= 4 is 27.5 Å². The number of sulfonamides is 1. The van der Waals surface area contributed by atoms with Gasteiger partial charge in [-0.3, -0.25) is 19.4 Å². The maximum absolute atomic E-state index is 12.6. The molecule has 0 aliphatic carbocycles. The summed E-state index contributed by atoms with van der Waals surface area (Å²) in [5.41, 5.74) is 1.47. The number of anilines is 1. The molecular weight excluding hydrogens is 404 g/mol. The Morgan fingerprint density at radius 3 is 2.87 bits per heavy atom. The van der Waals surface area contributed by atoms with Crippen molar-refractivity contribution in [1.82, 2.24) is 9.62 Å². The normalized spacial score (nSPS) is 16.7. The van der Waals surface area contributed by atoms with E-state index < -0.39 is 10.0 Å². The molecule has 0 radical (unpaired) electrons. The third-order valence-electron chi connectivity index (χ3n) is 4.95. The lowest BCUT2D eigenvalue weighted by Crippen LogP contribution is -2.34. The highest BCUT2D eigenvalue weighted by Gasteiger charge is 2.20. The molecule has 0 fully saturated rings. The highest BCUT2D eigenvalue weighted by Crippen LogP contribution is 2.22. The summed E-state index contributed by atoms with van der Waals surface area (Å²) in [4.78, 5) is 18.8. The molecule has 0 unspecified atom stereocenters. The van der Waals surface area contributed by atoms with Gasteiger partial charge in [0.15, 0.2) is 0 Å². The van der Waals surface area contributed by atoms with Gasteiger partial charge in [0.05, 0.1) is 11.4 Å². The zero-order valence-corrected chi connectivity index (χ0v) is 17.3. The van der Waals surface area contributed by atoms with E-state index in [0.29, 0.717) is 44.2 Å². The second-order valence-corrected chi connectivity index (χ2v) is 8.96. The summed E-state index contributed by atoms with van der Waals surface area (Å²) < 4.78 is 33.4. The molecule has 2 N–H and O–H groups in total. The Morgan fingerprint density at radius 2 is 2.03 bits per heavy atom. The number of ether oxygens (including phenoxy) is 1. The SMILES string of the molecule is O=C(CN1CCOc2ccccc2C1)Nc1cccc(S(=O)(=O)NC2=NCCC2)c1. The van der Waals surface area contributed by atoms with Crippen molar-refractivity contribution in [3.05, 3.63) is 54.1 Å². The quantitative estimate of drug-likeness (QED) is 0.759. The Labute approximate surface area is 176 Å². The summed E-state index contributed by atoms with van der Waals surface area (Å²) in [7, 11) is -3.73. The number of rotatable bonds is 5. The third-order valence-corrected chi connectivity index (χ3v) is 6.33. The van der Waals surface area contributed by atoms with Crippen LogP contribution in [0.1, 0.15) is 18.4 Å². The van der Waals surface area contributed by atoms with Crippen molar-refractivity contribution in [1.29, 1.82) is 0 Å². The maximum atomic E-state index is 12.6. The van der Waals surface area contributed by atoms with Gasteiger partial charge in [-0.2, -0.15) is 0 Å². The van der Waals surface area contributed by atoms with E-state index in [-0.39, 0.29) is 17.3 Å². The fraction of sp³-hybridized carbons (Fsp3) is 0.333. The van der Waals surface area contributed by atoms with Gasteiger partial charge in [-0.05, 0) is 30.7 Å². The average molecular weight is 429 g/mol. The minimum atomic E-state index is -3.73. The van der Waals surface area contributed by atoms with E-state index in [9.17, 15) is 13.2 Å². The average Bonchev–Trinajstić information content (AvgIpc) is 3.13. The number of nitrogens with zero attached hydrogens (tertiary/aromatic N) is 2. The van der Waals surface area contributed by atoms with Gasteiger partial charge < -0.3 is 10.1 Å². The summed E-state index contributed by atoms with van der Waals surface area (Å²) in [5.74, 6) is 1.11. The second kappa shape index (κ2) is 8.85. The van der Waals surface area contributed by atoms with Crippen molar-refractivity contribution in [3.8, 4) is 5.75 Å². The molecule has 1 amide bonds. The topological polar surface area (TPSA) is 100 Å². The largest absolute Gasteiger partial charge is 0.492 e. The predicted molar refractivity (Wildman–Crippen MR) is 114 cm³/mol. The number of nitrogens with one attached hydrogen (secondary N) is 2.